The highest BCUT2D eigenvalue weighted by atomic mass is 28.3. The van der Waals surface area contributed by atoms with Gasteiger partial charge in [0.15, 0.2) is 13.7 Å². The Hall–Kier alpha value is -6.49. The molecule has 0 unspecified atom stereocenters. The second-order valence-corrected chi connectivity index (χ2v) is 17.0. The fourth-order valence-electron chi connectivity index (χ4n) is 8.14. The van der Waals surface area contributed by atoms with E-state index in [1.165, 1.54) is 42.6 Å². The number of hydrogen-bond donors (Lipinski definition) is 0. The molecule has 3 aromatic heterocycles. The summed E-state index contributed by atoms with van der Waals surface area (Å²) >= 11 is 0. The molecule has 0 atom stereocenters. The Kier molecular flexibility index (Phi) is 6.83. The van der Waals surface area contributed by atoms with Crippen molar-refractivity contribution < 1.29 is 4.42 Å². The molecule has 0 N–H and O–H groups in total. The number of nitrogens with zero attached hydrogens (tertiary/aromatic N) is 2. The molecule has 240 valence electrons. The number of pyridine rings is 1. The Morgan fingerprint density at radius 2 is 0.941 bits per heavy atom. The SMILES string of the molecule is c1ccc([Si](c2ccccc2)(c2ccccc2)c2cccc(-c3cc4c(cn3)oc3ccc(-n5c6ccccc6c6ccccc65)cc34)c2)cc1. The number of rotatable bonds is 6. The van der Waals surface area contributed by atoms with Gasteiger partial charge in [0.2, 0.25) is 0 Å². The average Bonchev–Trinajstić information content (AvgIpc) is 3.74. The fraction of sp³-hybridized carbons (Fsp3) is 0. The number of aromatic nitrogens is 2. The minimum atomic E-state index is -2.68. The second kappa shape index (κ2) is 11.8. The van der Waals surface area contributed by atoms with Gasteiger partial charge in [-0.1, -0.05) is 152 Å². The van der Waals surface area contributed by atoms with E-state index in [2.05, 4.69) is 193 Å². The highest BCUT2D eigenvalue weighted by Crippen LogP contribution is 2.36. The molecule has 0 bridgehead atoms. The van der Waals surface area contributed by atoms with Crippen LogP contribution in [0.5, 0.6) is 0 Å². The predicted octanol–water partition coefficient (Wildman–Crippen LogP) is 9.12. The molecule has 10 rings (SSSR count). The van der Waals surface area contributed by atoms with Crippen molar-refractivity contribution in [3.8, 4) is 16.9 Å². The summed E-state index contributed by atoms with van der Waals surface area (Å²) in [5.41, 5.74) is 7.12. The lowest BCUT2D eigenvalue weighted by Crippen LogP contribution is -2.74. The van der Waals surface area contributed by atoms with E-state index in [1.54, 1.807) is 0 Å². The van der Waals surface area contributed by atoms with E-state index >= 15 is 0 Å². The van der Waals surface area contributed by atoms with Gasteiger partial charge in [-0.15, -0.1) is 0 Å². The van der Waals surface area contributed by atoms with Crippen LogP contribution in [0.2, 0.25) is 0 Å². The molecule has 10 aromatic rings. The lowest BCUT2D eigenvalue weighted by atomic mass is 10.1. The van der Waals surface area contributed by atoms with Gasteiger partial charge < -0.3 is 8.98 Å². The van der Waals surface area contributed by atoms with Crippen LogP contribution in [0.15, 0.2) is 199 Å². The van der Waals surface area contributed by atoms with Crippen molar-refractivity contribution >= 4 is 72.6 Å². The molecule has 0 saturated heterocycles. The van der Waals surface area contributed by atoms with Gasteiger partial charge in [-0.3, -0.25) is 4.98 Å². The van der Waals surface area contributed by atoms with Crippen molar-refractivity contribution in [1.29, 1.82) is 0 Å². The molecular weight excluding hydrogens is 637 g/mol. The fourth-order valence-corrected chi connectivity index (χ4v) is 12.9. The zero-order valence-corrected chi connectivity index (χ0v) is 28.8. The third-order valence-electron chi connectivity index (χ3n) is 10.4. The first-order chi connectivity index (χ1) is 25.3. The van der Waals surface area contributed by atoms with Crippen LogP contribution in [0.4, 0.5) is 0 Å². The Morgan fingerprint density at radius 1 is 0.412 bits per heavy atom. The molecule has 0 aliphatic rings. The summed E-state index contributed by atoms with van der Waals surface area (Å²) < 4.78 is 8.73. The molecule has 0 aliphatic carbocycles. The van der Waals surface area contributed by atoms with Gasteiger partial charge >= 0.3 is 0 Å². The molecule has 0 radical (unpaired) electrons. The average molecular weight is 669 g/mol. The number of para-hydroxylation sites is 2. The summed E-state index contributed by atoms with van der Waals surface area (Å²) in [6.45, 7) is 0. The van der Waals surface area contributed by atoms with Gasteiger partial charge in [-0.25, -0.2) is 0 Å². The van der Waals surface area contributed by atoms with Crippen LogP contribution in [0.25, 0.3) is 60.7 Å². The molecule has 0 saturated carbocycles. The minimum Gasteiger partial charge on any atom is -0.454 e. The summed E-state index contributed by atoms with van der Waals surface area (Å²) in [4.78, 5) is 4.98. The normalized spacial score (nSPS) is 11.9. The quantitative estimate of drug-likeness (QED) is 0.131. The van der Waals surface area contributed by atoms with Crippen LogP contribution in [0.3, 0.4) is 0 Å². The third kappa shape index (κ3) is 4.61. The van der Waals surface area contributed by atoms with Crippen molar-refractivity contribution in [2.45, 2.75) is 0 Å². The first-order valence-electron chi connectivity index (χ1n) is 17.4. The van der Waals surface area contributed by atoms with E-state index in [0.29, 0.717) is 0 Å². The smallest absolute Gasteiger partial charge is 0.179 e. The number of hydrogen-bond acceptors (Lipinski definition) is 2. The molecule has 0 aliphatic heterocycles. The van der Waals surface area contributed by atoms with Gasteiger partial charge in [-0.05, 0) is 57.1 Å². The van der Waals surface area contributed by atoms with E-state index in [4.69, 9.17) is 9.40 Å². The summed E-state index contributed by atoms with van der Waals surface area (Å²) in [6, 6.07) is 68.2. The van der Waals surface area contributed by atoms with Crippen LogP contribution in [-0.2, 0) is 0 Å². The molecule has 0 spiro atoms. The lowest BCUT2D eigenvalue weighted by Gasteiger charge is -2.34. The van der Waals surface area contributed by atoms with E-state index in [1.807, 2.05) is 6.20 Å². The molecule has 4 heteroatoms. The molecule has 0 fully saturated rings. The Bertz CT molecular complexity index is 2710. The van der Waals surface area contributed by atoms with Gasteiger partial charge in [0, 0.05) is 32.8 Å². The van der Waals surface area contributed by atoms with Gasteiger partial charge in [0.25, 0.3) is 0 Å². The van der Waals surface area contributed by atoms with Crippen LogP contribution < -0.4 is 20.7 Å². The second-order valence-electron chi connectivity index (χ2n) is 13.1. The Labute approximate surface area is 296 Å². The molecule has 3 heterocycles. The van der Waals surface area contributed by atoms with E-state index < -0.39 is 8.07 Å². The van der Waals surface area contributed by atoms with Crippen LogP contribution in [0, 0.1) is 0 Å². The standard InChI is InChI=1S/C47H32N2OSi/c1-4-16-35(17-5-1)51(36-18-6-2-7-19-36,37-20-8-3-9-21-37)38-22-14-15-33(29-38)43-31-42-41-30-34(27-28-46(41)50-47(42)32-48-43)49-44-25-12-10-23-39(44)40-24-11-13-26-45(40)49/h1-32H. The third-order valence-corrected chi connectivity index (χ3v) is 15.2. The number of benzene rings is 7. The molecular formula is C47H32N2OSi. The molecule has 51 heavy (non-hydrogen) atoms. The lowest BCUT2D eigenvalue weighted by molar-refractivity contribution is 0.667. The Morgan fingerprint density at radius 3 is 1.55 bits per heavy atom. The van der Waals surface area contributed by atoms with Crippen molar-refractivity contribution in [1.82, 2.24) is 9.55 Å². The zero-order valence-electron chi connectivity index (χ0n) is 27.8. The summed E-state index contributed by atoms with van der Waals surface area (Å²) in [6.07, 6.45) is 1.88. The number of fused-ring (bicyclic) bond motifs is 6. The summed E-state index contributed by atoms with van der Waals surface area (Å²) in [5, 5.41) is 9.99. The first kappa shape index (κ1) is 29.4. The Balaban J connectivity index is 1.16. The predicted molar refractivity (Wildman–Crippen MR) is 215 cm³/mol. The highest BCUT2D eigenvalue weighted by Gasteiger charge is 2.41. The van der Waals surface area contributed by atoms with Crippen molar-refractivity contribution in [3.63, 3.8) is 0 Å². The van der Waals surface area contributed by atoms with E-state index in [-0.39, 0.29) is 0 Å². The molecule has 7 aromatic carbocycles. The van der Waals surface area contributed by atoms with Crippen LogP contribution >= 0.6 is 0 Å². The first-order valence-corrected chi connectivity index (χ1v) is 19.4. The van der Waals surface area contributed by atoms with Crippen LogP contribution in [-0.4, -0.2) is 17.6 Å². The minimum absolute atomic E-state index is 0.783. The molecule has 3 nitrogen and oxygen atoms in total. The van der Waals surface area contributed by atoms with Crippen molar-refractivity contribution in [2.24, 2.45) is 0 Å². The van der Waals surface area contributed by atoms with Gasteiger partial charge in [-0.2, -0.15) is 0 Å². The van der Waals surface area contributed by atoms with E-state index in [0.717, 1.165) is 38.9 Å². The maximum absolute atomic E-state index is 6.38. The highest BCUT2D eigenvalue weighted by molar-refractivity contribution is 7.19. The maximum Gasteiger partial charge on any atom is 0.179 e. The van der Waals surface area contributed by atoms with E-state index in [9.17, 15) is 0 Å². The summed E-state index contributed by atoms with van der Waals surface area (Å²) in [5.74, 6) is 0. The monoisotopic (exact) mass is 668 g/mol. The van der Waals surface area contributed by atoms with Crippen molar-refractivity contribution in [2.75, 3.05) is 0 Å². The van der Waals surface area contributed by atoms with Gasteiger partial charge in [0.05, 0.1) is 22.9 Å². The summed E-state index contributed by atoms with van der Waals surface area (Å²) in [7, 11) is -2.68. The topological polar surface area (TPSA) is 31.0 Å². The van der Waals surface area contributed by atoms with Gasteiger partial charge in [0.1, 0.15) is 5.58 Å². The largest absolute Gasteiger partial charge is 0.454 e. The van der Waals surface area contributed by atoms with Crippen molar-refractivity contribution in [3.05, 3.63) is 194 Å². The number of furan rings is 1. The molecule has 0 amide bonds. The maximum atomic E-state index is 6.38. The van der Waals surface area contributed by atoms with Crippen LogP contribution in [0.1, 0.15) is 0 Å². The zero-order chi connectivity index (χ0) is 33.8.